The van der Waals surface area contributed by atoms with Gasteiger partial charge in [-0.15, -0.1) is 11.3 Å². The van der Waals surface area contributed by atoms with Crippen LogP contribution in [0.3, 0.4) is 0 Å². The van der Waals surface area contributed by atoms with Crippen molar-refractivity contribution in [1.29, 1.82) is 0 Å². The molecular weight excluding hydrogens is 328 g/mol. The Labute approximate surface area is 146 Å². The van der Waals surface area contributed by atoms with Gasteiger partial charge in [0.2, 0.25) is 0 Å². The molecule has 3 nitrogen and oxygen atoms in total. The third kappa shape index (κ3) is 3.70. The number of carbonyl (C=O) groups excluding carboxylic acids is 1. The van der Waals surface area contributed by atoms with E-state index in [0.717, 1.165) is 39.8 Å². The van der Waals surface area contributed by atoms with Crippen molar-refractivity contribution >= 4 is 40.2 Å². The molecule has 0 saturated carbocycles. The minimum Gasteiger partial charge on any atom is -0.370 e. The molecule has 23 heavy (non-hydrogen) atoms. The van der Waals surface area contributed by atoms with Gasteiger partial charge in [-0.2, -0.15) is 0 Å². The van der Waals surface area contributed by atoms with Gasteiger partial charge in [-0.25, -0.2) is 0 Å². The third-order valence-corrected chi connectivity index (χ3v) is 5.39. The smallest absolute Gasteiger partial charge is 0.256 e. The van der Waals surface area contributed by atoms with Crippen LogP contribution < -0.4 is 10.2 Å². The lowest BCUT2D eigenvalue weighted by Gasteiger charge is -2.30. The quantitative estimate of drug-likeness (QED) is 0.820. The minimum atomic E-state index is -0.0626. The summed E-state index contributed by atoms with van der Waals surface area (Å²) in [7, 11) is 0. The number of aryl methyl sites for hydroxylation is 2. The maximum absolute atomic E-state index is 12.6. The number of nitrogens with zero attached hydrogens (tertiary/aromatic N) is 1. The molecule has 1 aromatic heterocycles. The molecule has 0 radical (unpaired) electrons. The Hall–Kier alpha value is -1.52. The highest BCUT2D eigenvalue weighted by molar-refractivity contribution is 7.12. The second-order valence-corrected chi connectivity index (χ2v) is 7.89. The van der Waals surface area contributed by atoms with Crippen LogP contribution in [0.5, 0.6) is 0 Å². The number of benzene rings is 1. The second kappa shape index (κ2) is 6.93. The number of rotatable bonds is 3. The normalized spacial score (nSPS) is 14.8. The van der Waals surface area contributed by atoms with Gasteiger partial charge in [0.1, 0.15) is 0 Å². The number of anilines is 2. The molecule has 0 spiro atoms. The van der Waals surface area contributed by atoms with E-state index in [1.165, 1.54) is 19.3 Å². The lowest BCUT2D eigenvalue weighted by Crippen LogP contribution is -2.30. The van der Waals surface area contributed by atoms with Crippen LogP contribution in [0.4, 0.5) is 11.4 Å². The molecule has 1 amide bonds. The Morgan fingerprint density at radius 2 is 1.91 bits per heavy atom. The molecule has 1 fully saturated rings. The summed E-state index contributed by atoms with van der Waals surface area (Å²) in [6, 6.07) is 7.69. The van der Waals surface area contributed by atoms with E-state index in [9.17, 15) is 4.79 Å². The lowest BCUT2D eigenvalue weighted by molar-refractivity contribution is 0.102. The van der Waals surface area contributed by atoms with E-state index in [4.69, 9.17) is 11.6 Å². The predicted octanol–water partition coefficient (Wildman–Crippen LogP) is 5.26. The first-order valence-electron chi connectivity index (χ1n) is 7.97. The Balaban J connectivity index is 1.87. The van der Waals surface area contributed by atoms with E-state index in [0.29, 0.717) is 5.02 Å². The average molecular weight is 349 g/mol. The Morgan fingerprint density at radius 1 is 1.17 bits per heavy atom. The molecule has 0 aliphatic carbocycles. The third-order valence-electron chi connectivity index (χ3n) is 4.19. The van der Waals surface area contributed by atoms with Gasteiger partial charge in [0.15, 0.2) is 0 Å². The van der Waals surface area contributed by atoms with E-state index in [1.54, 1.807) is 11.3 Å². The van der Waals surface area contributed by atoms with Crippen molar-refractivity contribution in [2.24, 2.45) is 0 Å². The Bertz CT molecular complexity index is 720. The van der Waals surface area contributed by atoms with Crippen LogP contribution in [0, 0.1) is 13.8 Å². The molecule has 0 unspecified atom stereocenters. The monoisotopic (exact) mass is 348 g/mol. The zero-order valence-electron chi connectivity index (χ0n) is 13.5. The van der Waals surface area contributed by atoms with E-state index >= 15 is 0 Å². The van der Waals surface area contributed by atoms with Crippen molar-refractivity contribution in [3.63, 3.8) is 0 Å². The first kappa shape index (κ1) is 16.3. The standard InChI is InChI=1S/C18H21ClN2OS/c1-12-10-15(13(2)23-12)18(22)20-16-11-14(19)6-7-17(16)21-8-4-3-5-9-21/h6-7,10-11H,3-5,8-9H2,1-2H3,(H,20,22). The van der Waals surface area contributed by atoms with E-state index < -0.39 is 0 Å². The van der Waals surface area contributed by atoms with Gasteiger partial charge in [0.25, 0.3) is 5.91 Å². The number of thiophene rings is 1. The van der Waals surface area contributed by atoms with Crippen LogP contribution in [0.1, 0.15) is 39.4 Å². The summed E-state index contributed by atoms with van der Waals surface area (Å²) < 4.78 is 0. The summed E-state index contributed by atoms with van der Waals surface area (Å²) in [6.45, 7) is 6.06. The van der Waals surface area contributed by atoms with Crippen molar-refractivity contribution in [2.45, 2.75) is 33.1 Å². The van der Waals surface area contributed by atoms with Gasteiger partial charge < -0.3 is 10.2 Å². The zero-order chi connectivity index (χ0) is 16.4. The number of nitrogens with one attached hydrogen (secondary N) is 1. The van der Waals surface area contributed by atoms with Gasteiger partial charge >= 0.3 is 0 Å². The molecule has 1 aromatic carbocycles. The molecular formula is C18H21ClN2OS. The summed E-state index contributed by atoms with van der Waals surface area (Å²) in [5.74, 6) is -0.0626. The second-order valence-electron chi connectivity index (χ2n) is 5.99. The largest absolute Gasteiger partial charge is 0.370 e. The molecule has 5 heteroatoms. The maximum Gasteiger partial charge on any atom is 0.256 e. The highest BCUT2D eigenvalue weighted by Crippen LogP contribution is 2.32. The van der Waals surface area contributed by atoms with Gasteiger partial charge in [-0.05, 0) is 57.4 Å². The molecule has 1 aliphatic heterocycles. The lowest BCUT2D eigenvalue weighted by atomic mass is 10.1. The molecule has 2 aromatic rings. The van der Waals surface area contributed by atoms with Gasteiger partial charge in [0.05, 0.1) is 16.9 Å². The molecule has 3 rings (SSSR count). The number of hydrogen-bond donors (Lipinski definition) is 1. The van der Waals surface area contributed by atoms with Crippen molar-refractivity contribution in [1.82, 2.24) is 0 Å². The van der Waals surface area contributed by atoms with Crippen LogP contribution in [-0.4, -0.2) is 19.0 Å². The molecule has 122 valence electrons. The SMILES string of the molecule is Cc1cc(C(=O)Nc2cc(Cl)ccc2N2CCCCC2)c(C)s1. The molecule has 1 N–H and O–H groups in total. The summed E-state index contributed by atoms with van der Waals surface area (Å²) >= 11 is 7.80. The number of amides is 1. The molecule has 0 bridgehead atoms. The van der Waals surface area contributed by atoms with Crippen molar-refractivity contribution in [3.8, 4) is 0 Å². The summed E-state index contributed by atoms with van der Waals surface area (Å²) in [5, 5.41) is 3.70. The first-order valence-corrected chi connectivity index (χ1v) is 9.17. The molecule has 0 atom stereocenters. The Morgan fingerprint density at radius 3 is 2.57 bits per heavy atom. The van der Waals surface area contributed by atoms with E-state index in [1.807, 2.05) is 38.1 Å². The van der Waals surface area contributed by atoms with Crippen molar-refractivity contribution < 1.29 is 4.79 Å². The average Bonchev–Trinajstić information content (AvgIpc) is 2.87. The molecule has 1 saturated heterocycles. The molecule has 2 heterocycles. The maximum atomic E-state index is 12.6. The van der Waals surface area contributed by atoms with Crippen molar-refractivity contribution in [3.05, 3.63) is 44.6 Å². The van der Waals surface area contributed by atoms with Gasteiger partial charge in [-0.1, -0.05) is 11.6 Å². The van der Waals surface area contributed by atoms with E-state index in [-0.39, 0.29) is 5.91 Å². The van der Waals surface area contributed by atoms with Crippen LogP contribution in [-0.2, 0) is 0 Å². The topological polar surface area (TPSA) is 32.3 Å². The minimum absolute atomic E-state index is 0.0626. The highest BCUT2D eigenvalue weighted by Gasteiger charge is 2.18. The summed E-state index contributed by atoms with van der Waals surface area (Å²) in [5.41, 5.74) is 2.61. The van der Waals surface area contributed by atoms with E-state index in [2.05, 4.69) is 10.2 Å². The summed E-state index contributed by atoms with van der Waals surface area (Å²) in [4.78, 5) is 17.2. The summed E-state index contributed by atoms with van der Waals surface area (Å²) in [6.07, 6.45) is 3.66. The fraction of sp³-hybridized carbons (Fsp3) is 0.389. The highest BCUT2D eigenvalue weighted by atomic mass is 35.5. The first-order chi connectivity index (χ1) is 11.0. The molecule has 1 aliphatic rings. The number of hydrogen-bond acceptors (Lipinski definition) is 3. The number of halogens is 1. The van der Waals surface area contributed by atoms with Crippen molar-refractivity contribution in [2.75, 3.05) is 23.3 Å². The van der Waals surface area contributed by atoms with Crippen LogP contribution in [0.25, 0.3) is 0 Å². The number of carbonyl (C=O) groups is 1. The fourth-order valence-corrected chi connectivity index (χ4v) is 4.16. The zero-order valence-corrected chi connectivity index (χ0v) is 15.1. The Kier molecular flexibility index (Phi) is 4.93. The van der Waals surface area contributed by atoms with Crippen LogP contribution in [0.2, 0.25) is 5.02 Å². The van der Waals surface area contributed by atoms with Gasteiger partial charge in [-0.3, -0.25) is 4.79 Å². The van der Waals surface area contributed by atoms with Gasteiger partial charge in [0, 0.05) is 27.9 Å². The number of piperidine rings is 1. The fourth-order valence-electron chi connectivity index (χ4n) is 3.06. The van der Waals surface area contributed by atoms with Crippen LogP contribution >= 0.6 is 22.9 Å². The van der Waals surface area contributed by atoms with Crippen LogP contribution in [0.15, 0.2) is 24.3 Å². The predicted molar refractivity (Wildman–Crippen MR) is 99.3 cm³/mol.